The topological polar surface area (TPSA) is 125 Å². The van der Waals surface area contributed by atoms with Gasteiger partial charge >= 0.3 is 5.97 Å². The van der Waals surface area contributed by atoms with Crippen molar-refractivity contribution in [3.63, 3.8) is 0 Å². The average Bonchev–Trinajstić information content (AvgIpc) is 3.75. The molecule has 7 atom stereocenters. The van der Waals surface area contributed by atoms with Crippen LogP contribution in [0.1, 0.15) is 69.1 Å². The zero-order valence-corrected chi connectivity index (χ0v) is 29.6. The van der Waals surface area contributed by atoms with Crippen LogP contribution < -0.4 is 10.2 Å². The summed E-state index contributed by atoms with van der Waals surface area (Å²) in [4.78, 5) is 59.6. The highest BCUT2D eigenvalue weighted by Crippen LogP contribution is 2.59. The molecule has 2 aromatic carbocycles. The van der Waals surface area contributed by atoms with Crippen LogP contribution in [0, 0.1) is 18.8 Å². The Morgan fingerprint density at radius 1 is 1.14 bits per heavy atom. The Kier molecular flexibility index (Phi) is 12.2. The molecule has 0 unspecified atom stereocenters. The monoisotopic (exact) mass is 705 g/mol. The second-order valence-corrected chi connectivity index (χ2v) is 13.9. The largest absolute Gasteiger partial charge is 0.455 e. The first-order valence-corrected chi connectivity index (χ1v) is 17.9. The van der Waals surface area contributed by atoms with Crippen LogP contribution in [0.25, 0.3) is 0 Å². The summed E-state index contributed by atoms with van der Waals surface area (Å²) < 4.78 is 12.9. The first kappa shape index (κ1) is 37.3. The van der Waals surface area contributed by atoms with Crippen LogP contribution in [0.5, 0.6) is 0 Å². The van der Waals surface area contributed by atoms with E-state index in [1.165, 1.54) is 0 Å². The zero-order valence-electron chi connectivity index (χ0n) is 28.9. The van der Waals surface area contributed by atoms with E-state index in [1.54, 1.807) is 34.9 Å². The Balaban J connectivity index is 1.49. The Hall–Kier alpha value is -3.99. The number of amides is 3. The number of rotatable bonds is 17. The number of nitrogens with one attached hydrogen (secondary N) is 1. The van der Waals surface area contributed by atoms with Crippen molar-refractivity contribution in [2.24, 2.45) is 11.8 Å². The summed E-state index contributed by atoms with van der Waals surface area (Å²) in [6, 6.07) is 13.0. The van der Waals surface area contributed by atoms with Gasteiger partial charge in [0.1, 0.15) is 17.7 Å². The van der Waals surface area contributed by atoms with Crippen molar-refractivity contribution >= 4 is 41.0 Å². The molecule has 10 nitrogen and oxygen atoms in total. The van der Waals surface area contributed by atoms with Crippen LogP contribution in [-0.4, -0.2) is 77.2 Å². The van der Waals surface area contributed by atoms with Crippen molar-refractivity contribution in [2.45, 2.75) is 88.7 Å². The molecule has 3 aliphatic rings. The molecule has 3 amide bonds. The van der Waals surface area contributed by atoms with Crippen molar-refractivity contribution in [2.75, 3.05) is 24.6 Å². The standard InChI is InChI=1S/C39H48ClN3O7/c1-5-7-19-30(45)41-26(4)34(27-16-10-8-11-17-27)49-38(48)31-29-20-21-39(50-29)32(31)36(46)43(23-12-9-13-24-44)35(39)37(47)42(22-6-2)33-25(3)15-14-18-28(33)40/h5-6,8,10-11,14-18,26,29,31-32,34-35,44H,1-2,7,9,12-13,19-24H2,3-4H3,(H,41,45)/t26-,29+,31-,32-,34-,35+,39-/m1/s1. The number of nitrogens with zero attached hydrogens (tertiary/aromatic N) is 2. The summed E-state index contributed by atoms with van der Waals surface area (Å²) in [6.45, 7) is 11.6. The molecule has 5 rings (SSSR count). The summed E-state index contributed by atoms with van der Waals surface area (Å²) in [5.74, 6) is -3.36. The maximum Gasteiger partial charge on any atom is 0.313 e. The number of likely N-dealkylation sites (tertiary alicyclic amines) is 1. The lowest BCUT2D eigenvalue weighted by Gasteiger charge is -2.37. The molecule has 3 fully saturated rings. The van der Waals surface area contributed by atoms with Crippen LogP contribution in [-0.2, 0) is 28.7 Å². The molecule has 3 saturated heterocycles. The fourth-order valence-corrected chi connectivity index (χ4v) is 8.31. The van der Waals surface area contributed by atoms with Gasteiger partial charge in [0.2, 0.25) is 11.8 Å². The molecule has 3 aliphatic heterocycles. The first-order chi connectivity index (χ1) is 24.1. The minimum atomic E-state index is -1.25. The molecule has 1 spiro atoms. The number of carbonyl (C=O) groups is 4. The third kappa shape index (κ3) is 7.24. The van der Waals surface area contributed by atoms with Gasteiger partial charge in [-0.1, -0.05) is 66.2 Å². The molecule has 11 heteroatoms. The van der Waals surface area contributed by atoms with Crippen LogP contribution in [0.2, 0.25) is 5.02 Å². The highest BCUT2D eigenvalue weighted by atomic mass is 35.5. The molecule has 2 N–H and O–H groups in total. The van der Waals surface area contributed by atoms with Gasteiger partial charge in [0.05, 0.1) is 34.7 Å². The lowest BCUT2D eigenvalue weighted by Crippen LogP contribution is -2.56. The summed E-state index contributed by atoms with van der Waals surface area (Å²) in [5.41, 5.74) is 0.768. The van der Waals surface area contributed by atoms with Crippen molar-refractivity contribution in [3.05, 3.63) is 90.0 Å². The van der Waals surface area contributed by atoms with Crippen LogP contribution >= 0.6 is 11.6 Å². The van der Waals surface area contributed by atoms with E-state index in [2.05, 4.69) is 18.5 Å². The van der Waals surface area contributed by atoms with Crippen molar-refractivity contribution < 1.29 is 33.8 Å². The number of aliphatic hydroxyl groups is 1. The maximum absolute atomic E-state index is 14.9. The molecule has 268 valence electrons. The van der Waals surface area contributed by atoms with E-state index in [1.807, 2.05) is 49.4 Å². The normalized spacial score (nSPS) is 24.7. The van der Waals surface area contributed by atoms with Crippen LogP contribution in [0.4, 0.5) is 5.69 Å². The minimum absolute atomic E-state index is 0.0240. The van der Waals surface area contributed by atoms with Crippen molar-refractivity contribution in [1.29, 1.82) is 0 Å². The number of aliphatic hydroxyl groups excluding tert-OH is 1. The van der Waals surface area contributed by atoms with Gasteiger partial charge < -0.3 is 29.7 Å². The van der Waals surface area contributed by atoms with Gasteiger partial charge in [-0.25, -0.2) is 0 Å². The summed E-state index contributed by atoms with van der Waals surface area (Å²) in [7, 11) is 0. The van der Waals surface area contributed by atoms with Gasteiger partial charge in [0.15, 0.2) is 0 Å². The Morgan fingerprint density at radius 3 is 2.58 bits per heavy atom. The lowest BCUT2D eigenvalue weighted by atomic mass is 9.70. The number of carbonyl (C=O) groups excluding carboxylic acids is 4. The quantitative estimate of drug-likeness (QED) is 0.127. The molecule has 0 aliphatic carbocycles. The smallest absolute Gasteiger partial charge is 0.313 e. The van der Waals surface area contributed by atoms with Crippen LogP contribution in [0.3, 0.4) is 0 Å². The van der Waals surface area contributed by atoms with Crippen molar-refractivity contribution in [3.8, 4) is 0 Å². The Labute approximate surface area is 299 Å². The fraction of sp³-hybridized carbons (Fsp3) is 0.487. The second kappa shape index (κ2) is 16.4. The number of unbranched alkanes of at least 4 members (excludes halogenated alkanes) is 2. The maximum atomic E-state index is 14.9. The number of aryl methyl sites for hydroxylation is 1. The molecule has 0 saturated carbocycles. The van der Waals surface area contributed by atoms with E-state index in [0.717, 1.165) is 5.56 Å². The molecule has 50 heavy (non-hydrogen) atoms. The zero-order chi connectivity index (χ0) is 36.0. The number of hydrogen-bond acceptors (Lipinski definition) is 7. The first-order valence-electron chi connectivity index (χ1n) is 17.5. The third-order valence-electron chi connectivity index (χ3n) is 10.2. The van der Waals surface area contributed by atoms with Gasteiger partial charge in [0, 0.05) is 26.1 Å². The number of ether oxygens (including phenoxy) is 2. The number of esters is 1. The number of allylic oxidation sites excluding steroid dienone is 1. The van der Waals surface area contributed by atoms with E-state index in [4.69, 9.17) is 21.1 Å². The number of para-hydroxylation sites is 1. The summed E-state index contributed by atoms with van der Waals surface area (Å²) >= 11 is 6.67. The highest BCUT2D eigenvalue weighted by Gasteiger charge is 2.75. The van der Waals surface area contributed by atoms with Gasteiger partial charge in [0.25, 0.3) is 5.91 Å². The van der Waals surface area contributed by atoms with Crippen molar-refractivity contribution in [1.82, 2.24) is 10.2 Å². The number of fused-ring (bicyclic) bond motifs is 1. The highest BCUT2D eigenvalue weighted by molar-refractivity contribution is 6.34. The van der Waals surface area contributed by atoms with Gasteiger partial charge in [-0.05, 0) is 69.6 Å². The van der Waals surface area contributed by atoms with E-state index >= 15 is 0 Å². The average molecular weight is 706 g/mol. The Bertz CT molecular complexity index is 1560. The van der Waals surface area contributed by atoms with Gasteiger partial charge in [-0.2, -0.15) is 0 Å². The molecule has 3 heterocycles. The van der Waals surface area contributed by atoms with Crippen LogP contribution in [0.15, 0.2) is 73.8 Å². The third-order valence-corrected chi connectivity index (χ3v) is 10.5. The number of halogens is 1. The SMILES string of the molecule is C=CCCC(=O)N[C@H](C)[C@@H](OC(=O)[C@@H]1[C@@H]2CC[C@]3(O2)[C@H](C(=O)N(CC=C)c2c(C)cccc2Cl)N(CCCCCO)C(=O)[C@@H]13)c1ccccc1. The molecular weight excluding hydrogens is 658 g/mol. The van der Waals surface area contributed by atoms with E-state index in [9.17, 15) is 24.3 Å². The molecule has 0 aromatic heterocycles. The molecular formula is C39H48ClN3O7. The fourth-order valence-electron chi connectivity index (χ4n) is 7.98. The second-order valence-electron chi connectivity index (χ2n) is 13.5. The van der Waals surface area contributed by atoms with Gasteiger partial charge in [-0.3, -0.25) is 19.2 Å². The summed E-state index contributed by atoms with van der Waals surface area (Å²) in [5, 5.41) is 12.7. The molecule has 2 bridgehead atoms. The lowest BCUT2D eigenvalue weighted by molar-refractivity contribution is -0.162. The summed E-state index contributed by atoms with van der Waals surface area (Å²) in [6.07, 6.45) is 5.27. The van der Waals surface area contributed by atoms with E-state index in [0.29, 0.717) is 54.8 Å². The predicted octanol–water partition coefficient (Wildman–Crippen LogP) is 5.46. The predicted molar refractivity (Wildman–Crippen MR) is 191 cm³/mol. The van der Waals surface area contributed by atoms with Gasteiger partial charge in [-0.15, -0.1) is 13.2 Å². The molecule has 0 radical (unpaired) electrons. The Morgan fingerprint density at radius 2 is 1.90 bits per heavy atom. The number of anilines is 1. The minimum Gasteiger partial charge on any atom is -0.455 e. The molecule has 2 aromatic rings. The number of benzene rings is 2. The van der Waals surface area contributed by atoms with E-state index < -0.39 is 47.7 Å². The number of hydrogen-bond donors (Lipinski definition) is 2. The van der Waals surface area contributed by atoms with E-state index in [-0.39, 0.29) is 43.8 Å².